The zero-order valence-electron chi connectivity index (χ0n) is 16.7. The zero-order valence-corrected chi connectivity index (χ0v) is 16.7. The maximum absolute atomic E-state index is 13.7. The summed E-state index contributed by atoms with van der Waals surface area (Å²) in [5.74, 6) is -0.798. The zero-order chi connectivity index (χ0) is 21.0. The topological polar surface area (TPSA) is 88.6 Å². The van der Waals surface area contributed by atoms with Crippen molar-refractivity contribution in [1.29, 1.82) is 5.41 Å². The number of rotatable bonds is 5. The minimum absolute atomic E-state index is 0.267. The number of carbonyl (C=O) groups is 1. The summed E-state index contributed by atoms with van der Waals surface area (Å²) in [6, 6.07) is 11.3. The molecular weight excluding hydrogens is 373 g/mol. The molecule has 0 radical (unpaired) electrons. The predicted octanol–water partition coefficient (Wildman–Crippen LogP) is 3.80. The molecule has 3 rings (SSSR count). The molecule has 3 N–H and O–H groups in total. The van der Waals surface area contributed by atoms with Crippen LogP contribution in [-0.2, 0) is 4.74 Å². The summed E-state index contributed by atoms with van der Waals surface area (Å²) in [5.41, 5.74) is 6.57. The Bertz CT molecular complexity index is 910. The van der Waals surface area contributed by atoms with Gasteiger partial charge >= 0.3 is 0 Å². The Morgan fingerprint density at radius 1 is 1.31 bits per heavy atom. The summed E-state index contributed by atoms with van der Waals surface area (Å²) in [7, 11) is 1.43. The van der Waals surface area contributed by atoms with E-state index in [-0.39, 0.29) is 17.3 Å². The van der Waals surface area contributed by atoms with Crippen LogP contribution in [0.2, 0.25) is 0 Å². The van der Waals surface area contributed by atoms with Crippen LogP contribution >= 0.6 is 0 Å². The van der Waals surface area contributed by atoms with Crippen LogP contribution in [0.25, 0.3) is 11.1 Å². The lowest BCUT2D eigenvalue weighted by Gasteiger charge is -2.37. The van der Waals surface area contributed by atoms with Crippen molar-refractivity contribution in [2.75, 3.05) is 20.3 Å². The van der Waals surface area contributed by atoms with Crippen LogP contribution < -0.4 is 10.5 Å². The minimum Gasteiger partial charge on any atom is -0.484 e. The van der Waals surface area contributed by atoms with Crippen LogP contribution in [0, 0.1) is 11.2 Å². The van der Waals surface area contributed by atoms with Crippen molar-refractivity contribution in [3.05, 3.63) is 53.8 Å². The van der Waals surface area contributed by atoms with Crippen LogP contribution in [-0.4, -0.2) is 42.6 Å². The fourth-order valence-corrected chi connectivity index (χ4v) is 3.42. The first kappa shape index (κ1) is 20.8. The molecular formula is C22H26FN3O3. The highest BCUT2D eigenvalue weighted by Crippen LogP contribution is 2.34. The van der Waals surface area contributed by atoms with E-state index < -0.39 is 11.5 Å². The third-order valence-electron chi connectivity index (χ3n) is 5.29. The lowest BCUT2D eigenvalue weighted by Crippen LogP contribution is -2.44. The quantitative estimate of drug-likeness (QED) is 0.591. The second kappa shape index (κ2) is 8.61. The van der Waals surface area contributed by atoms with Gasteiger partial charge in [0.1, 0.15) is 17.2 Å². The van der Waals surface area contributed by atoms with Gasteiger partial charge in [-0.3, -0.25) is 15.1 Å². The average molecular weight is 399 g/mol. The Hall–Kier alpha value is -2.93. The third-order valence-corrected chi connectivity index (χ3v) is 5.29. The van der Waals surface area contributed by atoms with Crippen molar-refractivity contribution < 1.29 is 18.7 Å². The molecule has 2 aromatic carbocycles. The Labute approximate surface area is 169 Å². The van der Waals surface area contributed by atoms with Crippen molar-refractivity contribution in [3.63, 3.8) is 0 Å². The van der Waals surface area contributed by atoms with Gasteiger partial charge in [-0.2, -0.15) is 0 Å². The average Bonchev–Trinajstić information content (AvgIpc) is 2.73. The van der Waals surface area contributed by atoms with Gasteiger partial charge in [0.15, 0.2) is 5.96 Å². The first-order valence-corrected chi connectivity index (χ1v) is 9.64. The molecule has 154 valence electrons. The number of hydrogen-bond donors (Lipinski definition) is 2. The molecule has 0 bridgehead atoms. The van der Waals surface area contributed by atoms with E-state index in [0.717, 1.165) is 24.2 Å². The number of nitrogens with two attached hydrogens (primary N) is 1. The Kier molecular flexibility index (Phi) is 6.17. The third kappa shape index (κ3) is 4.56. The maximum Gasteiger partial charge on any atom is 0.264 e. The fraction of sp³-hybridized carbons (Fsp3) is 0.364. The number of carbonyl (C=O) groups excluding carboxylic acids is 1. The van der Waals surface area contributed by atoms with E-state index in [1.165, 1.54) is 19.2 Å². The van der Waals surface area contributed by atoms with E-state index in [1.807, 2.05) is 6.92 Å². The second-order valence-electron chi connectivity index (χ2n) is 7.27. The molecule has 1 aliphatic rings. The van der Waals surface area contributed by atoms with Gasteiger partial charge in [0.25, 0.3) is 5.91 Å². The number of nitrogens with zero attached hydrogens (tertiary/aromatic N) is 1. The van der Waals surface area contributed by atoms with Crippen LogP contribution in [0.15, 0.2) is 42.5 Å². The standard InChI is InChI=1S/C22H26FN3O3/c1-3-22(10-5-11-28-14-22)29-19-9-8-16(15-6-4-7-17(23)12-15)13-18(19)20(27)26(2)21(24)25/h4,6-9,12-13H,3,5,10-11,14H2,1-2H3,(H3,24,25). The highest BCUT2D eigenvalue weighted by atomic mass is 19.1. The highest BCUT2D eigenvalue weighted by molar-refractivity contribution is 6.06. The molecule has 29 heavy (non-hydrogen) atoms. The van der Waals surface area contributed by atoms with Gasteiger partial charge in [-0.05, 0) is 54.7 Å². The molecule has 0 spiro atoms. The van der Waals surface area contributed by atoms with E-state index in [4.69, 9.17) is 20.6 Å². The predicted molar refractivity (Wildman–Crippen MR) is 110 cm³/mol. The van der Waals surface area contributed by atoms with Gasteiger partial charge in [-0.15, -0.1) is 0 Å². The molecule has 7 heteroatoms. The smallest absolute Gasteiger partial charge is 0.264 e. The lowest BCUT2D eigenvalue weighted by atomic mass is 9.93. The number of halogens is 1. The first-order chi connectivity index (χ1) is 13.8. The molecule has 6 nitrogen and oxygen atoms in total. The van der Waals surface area contributed by atoms with E-state index in [9.17, 15) is 9.18 Å². The maximum atomic E-state index is 13.7. The molecule has 1 atom stereocenters. The number of benzene rings is 2. The van der Waals surface area contributed by atoms with Crippen LogP contribution in [0.5, 0.6) is 5.75 Å². The number of guanidine groups is 1. The van der Waals surface area contributed by atoms with Gasteiger partial charge in [-0.1, -0.05) is 25.1 Å². The van der Waals surface area contributed by atoms with Gasteiger partial charge < -0.3 is 15.2 Å². The Balaban J connectivity index is 2.04. The summed E-state index contributed by atoms with van der Waals surface area (Å²) in [5, 5.41) is 7.60. The van der Waals surface area contributed by atoms with E-state index >= 15 is 0 Å². The number of nitrogens with one attached hydrogen (secondary N) is 1. The number of amides is 1. The fourth-order valence-electron chi connectivity index (χ4n) is 3.42. The normalized spacial score (nSPS) is 18.9. The molecule has 1 unspecified atom stereocenters. The van der Waals surface area contributed by atoms with E-state index in [1.54, 1.807) is 30.3 Å². The lowest BCUT2D eigenvalue weighted by molar-refractivity contribution is -0.0701. The second-order valence-corrected chi connectivity index (χ2v) is 7.27. The van der Waals surface area contributed by atoms with Crippen LogP contribution in [0.4, 0.5) is 4.39 Å². The van der Waals surface area contributed by atoms with Gasteiger partial charge in [0.2, 0.25) is 0 Å². The molecule has 0 saturated carbocycles. The van der Waals surface area contributed by atoms with Gasteiger partial charge in [0.05, 0.1) is 12.2 Å². The van der Waals surface area contributed by atoms with Crippen molar-refractivity contribution >= 4 is 11.9 Å². The SMILES string of the molecule is CCC1(Oc2ccc(-c3cccc(F)c3)cc2C(=O)N(C)C(=N)N)CCCOC1. The molecule has 1 saturated heterocycles. The van der Waals surface area contributed by atoms with Crippen molar-refractivity contribution in [1.82, 2.24) is 4.90 Å². The molecule has 1 aliphatic heterocycles. The van der Waals surface area contributed by atoms with Crippen molar-refractivity contribution in [2.45, 2.75) is 31.8 Å². The molecule has 2 aromatic rings. The summed E-state index contributed by atoms with van der Waals surface area (Å²) in [6.45, 7) is 3.17. The summed E-state index contributed by atoms with van der Waals surface area (Å²) in [4.78, 5) is 14.1. The van der Waals surface area contributed by atoms with E-state index in [0.29, 0.717) is 30.1 Å². The van der Waals surface area contributed by atoms with Crippen LogP contribution in [0.1, 0.15) is 36.5 Å². The molecule has 1 amide bonds. The van der Waals surface area contributed by atoms with Crippen molar-refractivity contribution in [2.24, 2.45) is 5.73 Å². The first-order valence-electron chi connectivity index (χ1n) is 9.64. The minimum atomic E-state index is -0.511. The summed E-state index contributed by atoms with van der Waals surface area (Å²) >= 11 is 0. The Morgan fingerprint density at radius 2 is 2.07 bits per heavy atom. The van der Waals surface area contributed by atoms with Crippen LogP contribution in [0.3, 0.4) is 0 Å². The molecule has 0 aromatic heterocycles. The van der Waals surface area contributed by atoms with Gasteiger partial charge in [-0.25, -0.2) is 4.39 Å². The number of hydrogen-bond acceptors (Lipinski definition) is 4. The highest BCUT2D eigenvalue weighted by Gasteiger charge is 2.35. The van der Waals surface area contributed by atoms with E-state index in [2.05, 4.69) is 0 Å². The molecule has 1 heterocycles. The Morgan fingerprint density at radius 3 is 2.69 bits per heavy atom. The number of ether oxygens (including phenoxy) is 2. The summed E-state index contributed by atoms with van der Waals surface area (Å²) in [6.07, 6.45) is 2.44. The molecule has 0 aliphatic carbocycles. The largest absolute Gasteiger partial charge is 0.484 e. The van der Waals surface area contributed by atoms with Crippen molar-refractivity contribution in [3.8, 4) is 16.9 Å². The van der Waals surface area contributed by atoms with Gasteiger partial charge in [0, 0.05) is 13.7 Å². The monoisotopic (exact) mass is 399 g/mol. The summed E-state index contributed by atoms with van der Waals surface area (Å²) < 4.78 is 25.6. The molecule has 1 fully saturated rings.